The largest absolute Gasteiger partial charge is 0.417 e. The van der Waals surface area contributed by atoms with Crippen molar-refractivity contribution in [1.29, 1.82) is 0 Å². The molecule has 1 aromatic heterocycles. The lowest BCUT2D eigenvalue weighted by Crippen LogP contribution is -2.18. The Balaban J connectivity index is 2.10. The van der Waals surface area contributed by atoms with Crippen LogP contribution in [0.5, 0.6) is 0 Å². The maximum Gasteiger partial charge on any atom is 0.417 e. The maximum absolute atomic E-state index is 12.7. The van der Waals surface area contributed by atoms with E-state index in [2.05, 4.69) is 20.7 Å². The number of carbonyl (C=O) groups excluding carboxylic acids is 1. The molecular formula is C13H11F3N4O. The highest BCUT2D eigenvalue weighted by molar-refractivity contribution is 5.93. The van der Waals surface area contributed by atoms with Crippen LogP contribution in [0.15, 0.2) is 35.4 Å². The molecular weight excluding hydrogens is 285 g/mol. The smallest absolute Gasteiger partial charge is 0.282 e. The molecule has 5 nitrogen and oxygen atoms in total. The fraction of sp³-hybridized carbons (Fsp3) is 0.154. The van der Waals surface area contributed by atoms with Gasteiger partial charge in [-0.1, -0.05) is 18.2 Å². The SMILES string of the molecule is Cc1cc(C(=O)N/N=C/c2ccccc2C(F)(F)F)n[nH]1. The zero-order valence-corrected chi connectivity index (χ0v) is 10.9. The standard InChI is InChI=1S/C13H11F3N4O/c1-8-6-11(19-18-8)12(21)20-17-7-9-4-2-3-5-10(9)13(14,15)16/h2-7H,1H3,(H,18,19)(H,20,21)/b17-7+. The third-order valence-electron chi connectivity index (χ3n) is 2.57. The van der Waals surface area contributed by atoms with Crippen LogP contribution in [0.4, 0.5) is 13.2 Å². The Morgan fingerprint density at radius 1 is 1.38 bits per heavy atom. The lowest BCUT2D eigenvalue weighted by molar-refractivity contribution is -0.137. The molecule has 2 N–H and O–H groups in total. The van der Waals surface area contributed by atoms with Crippen LogP contribution in [0.3, 0.4) is 0 Å². The van der Waals surface area contributed by atoms with Crippen molar-refractivity contribution < 1.29 is 18.0 Å². The number of aromatic amines is 1. The Morgan fingerprint density at radius 3 is 2.71 bits per heavy atom. The number of halogens is 3. The van der Waals surface area contributed by atoms with Crippen molar-refractivity contribution >= 4 is 12.1 Å². The van der Waals surface area contributed by atoms with Crippen LogP contribution in [0.2, 0.25) is 0 Å². The Kier molecular flexibility index (Phi) is 4.06. The molecule has 0 aliphatic carbocycles. The van der Waals surface area contributed by atoms with Crippen LogP contribution in [-0.4, -0.2) is 22.3 Å². The van der Waals surface area contributed by atoms with Gasteiger partial charge in [0.05, 0.1) is 11.8 Å². The van der Waals surface area contributed by atoms with E-state index in [4.69, 9.17) is 0 Å². The van der Waals surface area contributed by atoms with E-state index in [0.717, 1.165) is 12.3 Å². The highest BCUT2D eigenvalue weighted by atomic mass is 19.4. The summed E-state index contributed by atoms with van der Waals surface area (Å²) in [6.45, 7) is 1.71. The summed E-state index contributed by atoms with van der Waals surface area (Å²) < 4.78 is 38.2. The average molecular weight is 296 g/mol. The molecule has 0 saturated carbocycles. The minimum absolute atomic E-state index is 0.105. The van der Waals surface area contributed by atoms with Gasteiger partial charge in [0.2, 0.25) is 0 Å². The van der Waals surface area contributed by atoms with E-state index < -0.39 is 17.6 Å². The van der Waals surface area contributed by atoms with Crippen molar-refractivity contribution in [1.82, 2.24) is 15.6 Å². The number of hydrogen-bond acceptors (Lipinski definition) is 3. The van der Waals surface area contributed by atoms with Crippen molar-refractivity contribution in [2.24, 2.45) is 5.10 Å². The summed E-state index contributed by atoms with van der Waals surface area (Å²) in [6.07, 6.45) is -3.54. The summed E-state index contributed by atoms with van der Waals surface area (Å²) in [7, 11) is 0. The Hall–Kier alpha value is -2.64. The monoisotopic (exact) mass is 296 g/mol. The number of nitrogens with zero attached hydrogens (tertiary/aromatic N) is 2. The number of hydrogen-bond donors (Lipinski definition) is 2. The lowest BCUT2D eigenvalue weighted by Gasteiger charge is -2.08. The lowest BCUT2D eigenvalue weighted by atomic mass is 10.1. The van der Waals surface area contributed by atoms with Crippen molar-refractivity contribution in [2.45, 2.75) is 13.1 Å². The van der Waals surface area contributed by atoms with Gasteiger partial charge in [-0.25, -0.2) is 5.43 Å². The summed E-state index contributed by atoms with van der Waals surface area (Å²) in [5, 5.41) is 9.81. The summed E-state index contributed by atoms with van der Waals surface area (Å²) in [4.78, 5) is 11.6. The Bertz CT molecular complexity index is 676. The van der Waals surface area contributed by atoms with E-state index in [1.807, 2.05) is 0 Å². The number of hydrazone groups is 1. The highest BCUT2D eigenvalue weighted by Crippen LogP contribution is 2.30. The number of aryl methyl sites for hydroxylation is 1. The van der Waals surface area contributed by atoms with Crippen molar-refractivity contribution in [2.75, 3.05) is 0 Å². The fourth-order valence-corrected chi connectivity index (χ4v) is 1.62. The molecule has 1 amide bonds. The number of aromatic nitrogens is 2. The van der Waals surface area contributed by atoms with E-state index >= 15 is 0 Å². The van der Waals surface area contributed by atoms with E-state index in [0.29, 0.717) is 5.69 Å². The van der Waals surface area contributed by atoms with Gasteiger partial charge in [0.1, 0.15) is 0 Å². The molecule has 0 bridgehead atoms. The van der Waals surface area contributed by atoms with Gasteiger partial charge in [-0.15, -0.1) is 0 Å². The summed E-state index contributed by atoms with van der Waals surface area (Å²) in [5.74, 6) is -0.611. The second-order valence-electron chi connectivity index (χ2n) is 4.22. The third kappa shape index (κ3) is 3.68. The van der Waals surface area contributed by atoms with Gasteiger partial charge in [-0.2, -0.15) is 23.4 Å². The summed E-state index contributed by atoms with van der Waals surface area (Å²) in [5.41, 5.74) is 1.96. The molecule has 0 radical (unpaired) electrons. The third-order valence-corrected chi connectivity index (χ3v) is 2.57. The second-order valence-corrected chi connectivity index (χ2v) is 4.22. The zero-order chi connectivity index (χ0) is 15.5. The molecule has 0 unspecified atom stereocenters. The number of rotatable bonds is 3. The van der Waals surface area contributed by atoms with Gasteiger partial charge in [0, 0.05) is 11.3 Å². The molecule has 2 rings (SSSR count). The van der Waals surface area contributed by atoms with Crippen LogP contribution in [-0.2, 0) is 6.18 Å². The van der Waals surface area contributed by atoms with Gasteiger partial charge in [-0.3, -0.25) is 9.89 Å². The van der Waals surface area contributed by atoms with Crippen LogP contribution in [0, 0.1) is 6.92 Å². The number of amides is 1. The molecule has 21 heavy (non-hydrogen) atoms. The van der Waals surface area contributed by atoms with E-state index in [1.165, 1.54) is 24.3 Å². The van der Waals surface area contributed by atoms with Crippen molar-refractivity contribution in [3.63, 3.8) is 0 Å². The quantitative estimate of drug-likeness (QED) is 0.675. The van der Waals surface area contributed by atoms with E-state index in [9.17, 15) is 18.0 Å². The number of benzene rings is 1. The predicted octanol–water partition coefficient (Wildman–Crippen LogP) is 2.50. The second kappa shape index (κ2) is 5.78. The molecule has 0 aliphatic heterocycles. The summed E-state index contributed by atoms with van der Waals surface area (Å²) >= 11 is 0. The molecule has 1 aromatic carbocycles. The van der Waals surface area contributed by atoms with Crippen LogP contribution in [0.1, 0.15) is 27.3 Å². The van der Waals surface area contributed by atoms with E-state index in [1.54, 1.807) is 6.92 Å². The zero-order valence-electron chi connectivity index (χ0n) is 10.9. The Labute approximate surface area is 117 Å². The average Bonchev–Trinajstić information content (AvgIpc) is 2.85. The van der Waals surface area contributed by atoms with Gasteiger partial charge in [-0.05, 0) is 19.1 Å². The fourth-order valence-electron chi connectivity index (χ4n) is 1.62. The molecule has 0 aliphatic rings. The minimum atomic E-state index is -4.48. The summed E-state index contributed by atoms with van der Waals surface area (Å²) in [6, 6.07) is 6.44. The highest BCUT2D eigenvalue weighted by Gasteiger charge is 2.32. The first-order chi connectivity index (χ1) is 9.88. The number of H-pyrrole nitrogens is 1. The van der Waals surface area contributed by atoms with E-state index in [-0.39, 0.29) is 11.3 Å². The molecule has 0 saturated heterocycles. The molecule has 0 fully saturated rings. The minimum Gasteiger partial charge on any atom is -0.282 e. The van der Waals surface area contributed by atoms with Crippen molar-refractivity contribution in [3.8, 4) is 0 Å². The maximum atomic E-state index is 12.7. The first kappa shape index (κ1) is 14.8. The molecule has 110 valence electrons. The number of nitrogens with one attached hydrogen (secondary N) is 2. The normalized spacial score (nSPS) is 11.8. The predicted molar refractivity (Wildman–Crippen MR) is 69.8 cm³/mol. The van der Waals surface area contributed by atoms with Crippen LogP contribution < -0.4 is 5.43 Å². The first-order valence-electron chi connectivity index (χ1n) is 5.89. The first-order valence-corrected chi connectivity index (χ1v) is 5.89. The molecule has 1 heterocycles. The van der Waals surface area contributed by atoms with Crippen LogP contribution in [0.25, 0.3) is 0 Å². The van der Waals surface area contributed by atoms with Gasteiger partial charge >= 0.3 is 6.18 Å². The number of alkyl halides is 3. The molecule has 0 spiro atoms. The molecule has 2 aromatic rings. The molecule has 0 atom stereocenters. The van der Waals surface area contributed by atoms with Gasteiger partial charge in [0.25, 0.3) is 5.91 Å². The Morgan fingerprint density at radius 2 is 2.10 bits per heavy atom. The van der Waals surface area contributed by atoms with Gasteiger partial charge in [0.15, 0.2) is 5.69 Å². The topological polar surface area (TPSA) is 70.1 Å². The number of carbonyl (C=O) groups is 1. The van der Waals surface area contributed by atoms with Gasteiger partial charge < -0.3 is 0 Å². The van der Waals surface area contributed by atoms with Crippen LogP contribution >= 0.6 is 0 Å². The molecule has 8 heteroatoms. The van der Waals surface area contributed by atoms with Crippen molar-refractivity contribution in [3.05, 3.63) is 52.8 Å².